The average Bonchev–Trinajstić information content (AvgIpc) is 2.94. The first-order valence-electron chi connectivity index (χ1n) is 11.6. The summed E-state index contributed by atoms with van der Waals surface area (Å²) in [7, 11) is 0. The molecule has 13 heteroatoms. The van der Waals surface area contributed by atoms with Crippen molar-refractivity contribution in [2.45, 2.75) is 6.61 Å². The smallest absolute Gasteiger partial charge is 0.344 e. The summed E-state index contributed by atoms with van der Waals surface area (Å²) in [5.41, 5.74) is -1.19. The second-order valence-electron chi connectivity index (χ2n) is 8.22. The Morgan fingerprint density at radius 1 is 0.707 bits per heavy atom. The van der Waals surface area contributed by atoms with Crippen molar-refractivity contribution in [2.24, 2.45) is 0 Å². The second-order valence-corrected chi connectivity index (χ2v) is 8.22. The van der Waals surface area contributed by atoms with Crippen molar-refractivity contribution in [1.82, 2.24) is 0 Å². The van der Waals surface area contributed by atoms with Crippen LogP contribution < -0.4 is 14.4 Å². The van der Waals surface area contributed by atoms with Gasteiger partial charge in [0.25, 0.3) is 5.69 Å². The fraction of sp³-hybridized carbons (Fsp3) is 0.0357. The summed E-state index contributed by atoms with van der Waals surface area (Å²) in [6.07, 6.45) is 0. The van der Waals surface area contributed by atoms with Gasteiger partial charge in [0.15, 0.2) is 5.75 Å². The van der Waals surface area contributed by atoms with Gasteiger partial charge in [-0.25, -0.2) is 14.4 Å². The number of hydrogen-bond acceptors (Lipinski definition) is 10. The number of esters is 1. The summed E-state index contributed by atoms with van der Waals surface area (Å²) in [5.74, 6) is -2.71. The van der Waals surface area contributed by atoms with Gasteiger partial charge in [-0.1, -0.05) is 0 Å². The average molecular weight is 561 g/mol. The molecule has 3 N–H and O–H groups in total. The monoisotopic (exact) mass is 561 g/mol. The molecule has 4 aromatic carbocycles. The number of benzene rings is 4. The highest BCUT2D eigenvalue weighted by Gasteiger charge is 2.22. The molecule has 4 rings (SSSR count). The molecule has 208 valence electrons. The zero-order valence-corrected chi connectivity index (χ0v) is 20.8. The lowest BCUT2D eigenvalue weighted by atomic mass is 10.1. The highest BCUT2D eigenvalue weighted by molar-refractivity contribution is 6.03. The Morgan fingerprint density at radius 2 is 1.27 bits per heavy atom. The Balaban J connectivity index is 1.34. The highest BCUT2D eigenvalue weighted by atomic mass is 17.2. The Kier molecular flexibility index (Phi) is 8.40. The lowest BCUT2D eigenvalue weighted by molar-refractivity contribution is -0.384. The number of aromatic hydroxyl groups is 1. The van der Waals surface area contributed by atoms with Gasteiger partial charge in [-0.2, -0.15) is 4.89 Å². The van der Waals surface area contributed by atoms with E-state index in [9.17, 15) is 39.8 Å². The zero-order chi connectivity index (χ0) is 29.5. The van der Waals surface area contributed by atoms with Gasteiger partial charge in [-0.15, -0.1) is 0 Å². The van der Waals surface area contributed by atoms with Crippen LogP contribution >= 0.6 is 0 Å². The molecule has 0 aromatic heterocycles. The maximum Gasteiger partial charge on any atom is 0.344 e. The predicted molar refractivity (Wildman–Crippen MR) is 138 cm³/mol. The fourth-order valence-electron chi connectivity index (χ4n) is 3.51. The van der Waals surface area contributed by atoms with Crippen LogP contribution in [0.5, 0.6) is 28.7 Å². The summed E-state index contributed by atoms with van der Waals surface area (Å²) < 4.78 is 10.9. The van der Waals surface area contributed by atoms with Gasteiger partial charge in [-0.05, 0) is 72.8 Å². The van der Waals surface area contributed by atoms with Gasteiger partial charge >= 0.3 is 17.9 Å². The second kappa shape index (κ2) is 12.3. The summed E-state index contributed by atoms with van der Waals surface area (Å²) in [6, 6.07) is 18.5. The first kappa shape index (κ1) is 28.1. The van der Waals surface area contributed by atoms with E-state index in [4.69, 9.17) is 19.2 Å². The Morgan fingerprint density at radius 3 is 1.85 bits per heavy atom. The number of nitro groups is 1. The number of phenols is 1. The largest absolute Gasteiger partial charge is 0.508 e. The van der Waals surface area contributed by atoms with Gasteiger partial charge in [0.2, 0.25) is 0 Å². The van der Waals surface area contributed by atoms with Crippen molar-refractivity contribution in [2.75, 3.05) is 0 Å². The van der Waals surface area contributed by atoms with Crippen molar-refractivity contribution in [3.05, 3.63) is 117 Å². The third-order valence-electron chi connectivity index (χ3n) is 5.45. The number of nitrogens with zero attached hydrogens (tertiary/aromatic N) is 1. The summed E-state index contributed by atoms with van der Waals surface area (Å²) in [4.78, 5) is 55.8. The van der Waals surface area contributed by atoms with E-state index in [1.807, 2.05) is 0 Å². The lowest BCUT2D eigenvalue weighted by Gasteiger charge is -2.10. The number of carboxylic acids is 2. The van der Waals surface area contributed by atoms with Crippen LogP contribution in [0.25, 0.3) is 0 Å². The van der Waals surface area contributed by atoms with E-state index in [0.29, 0.717) is 17.2 Å². The SMILES string of the molecule is O=C(O)c1ccc(O)cc1COOc1ccc(Oc2ccc(OC(=O)c3cc([N+](=O)[O-])ccc3C(=O)O)cc2)cc1. The van der Waals surface area contributed by atoms with Crippen molar-refractivity contribution < 1.29 is 53.9 Å². The maximum absolute atomic E-state index is 12.5. The van der Waals surface area contributed by atoms with Crippen LogP contribution in [-0.2, 0) is 11.5 Å². The fourth-order valence-corrected chi connectivity index (χ4v) is 3.51. The molecule has 0 unspecified atom stereocenters. The molecule has 0 bridgehead atoms. The van der Waals surface area contributed by atoms with Crippen LogP contribution in [0.15, 0.2) is 84.9 Å². The third-order valence-corrected chi connectivity index (χ3v) is 5.45. The number of nitro benzene ring substituents is 1. The standard InChI is InChI=1S/C28H19NO12/c30-18-2-12-23(26(31)32)16(13-18)15-38-41-22-9-7-20(8-10-22)39-19-3-5-21(6-4-19)40-28(35)25-14-17(29(36)37)1-11-24(25)27(33)34/h1-14,30H,15H2,(H,31,32)(H,33,34). The van der Waals surface area contributed by atoms with E-state index >= 15 is 0 Å². The first-order valence-corrected chi connectivity index (χ1v) is 11.6. The number of carbonyl (C=O) groups is 3. The van der Waals surface area contributed by atoms with E-state index < -0.39 is 39.6 Å². The normalized spacial score (nSPS) is 10.4. The molecule has 0 heterocycles. The van der Waals surface area contributed by atoms with Crippen LogP contribution in [0, 0.1) is 10.1 Å². The van der Waals surface area contributed by atoms with E-state index in [1.165, 1.54) is 54.6 Å². The van der Waals surface area contributed by atoms with Crippen molar-refractivity contribution in [1.29, 1.82) is 0 Å². The summed E-state index contributed by atoms with van der Waals surface area (Å²) in [5, 5.41) is 39.1. The molecule has 0 aliphatic carbocycles. The summed E-state index contributed by atoms with van der Waals surface area (Å²) >= 11 is 0. The molecule has 0 amide bonds. The molecule has 0 atom stereocenters. The molecule has 0 radical (unpaired) electrons. The first-order chi connectivity index (χ1) is 19.6. The number of aromatic carboxylic acids is 2. The molecular weight excluding hydrogens is 542 g/mol. The van der Waals surface area contributed by atoms with Crippen LogP contribution in [0.1, 0.15) is 36.6 Å². The molecule has 0 aliphatic rings. The molecule has 4 aromatic rings. The number of ether oxygens (including phenoxy) is 2. The van der Waals surface area contributed by atoms with Gasteiger partial charge in [0, 0.05) is 17.7 Å². The van der Waals surface area contributed by atoms with E-state index in [1.54, 1.807) is 12.1 Å². The van der Waals surface area contributed by atoms with Gasteiger partial charge in [0.1, 0.15) is 29.6 Å². The van der Waals surface area contributed by atoms with Crippen LogP contribution in [0.4, 0.5) is 5.69 Å². The molecule has 41 heavy (non-hydrogen) atoms. The van der Waals surface area contributed by atoms with E-state index in [-0.39, 0.29) is 29.2 Å². The predicted octanol–water partition coefficient (Wildman–Crippen LogP) is 5.22. The lowest BCUT2D eigenvalue weighted by Crippen LogP contribution is -2.14. The molecule has 0 saturated carbocycles. The van der Waals surface area contributed by atoms with Crippen molar-refractivity contribution >= 4 is 23.6 Å². The van der Waals surface area contributed by atoms with Crippen LogP contribution in [-0.4, -0.2) is 38.2 Å². The van der Waals surface area contributed by atoms with Crippen molar-refractivity contribution in [3.63, 3.8) is 0 Å². The number of non-ortho nitro benzene ring substituents is 1. The molecule has 0 fully saturated rings. The quantitative estimate of drug-likeness (QED) is 0.0712. The van der Waals surface area contributed by atoms with E-state index in [2.05, 4.69) is 0 Å². The molecule has 0 saturated heterocycles. The molecular formula is C28H19NO12. The van der Waals surface area contributed by atoms with Gasteiger partial charge in [0.05, 0.1) is 21.6 Å². The number of rotatable bonds is 11. The number of phenolic OH excluding ortho intramolecular Hbond substituents is 1. The van der Waals surface area contributed by atoms with Crippen molar-refractivity contribution in [3.8, 4) is 28.7 Å². The van der Waals surface area contributed by atoms with Crippen LogP contribution in [0.2, 0.25) is 0 Å². The minimum Gasteiger partial charge on any atom is -0.508 e. The zero-order valence-electron chi connectivity index (χ0n) is 20.8. The Bertz CT molecular complexity index is 1610. The maximum atomic E-state index is 12.5. The molecule has 0 aliphatic heterocycles. The number of carbonyl (C=O) groups excluding carboxylic acids is 1. The minimum absolute atomic E-state index is 0.0371. The molecule has 13 nitrogen and oxygen atoms in total. The third kappa shape index (κ3) is 7.13. The highest BCUT2D eigenvalue weighted by Crippen LogP contribution is 2.27. The van der Waals surface area contributed by atoms with Gasteiger partial charge in [-0.3, -0.25) is 10.1 Å². The summed E-state index contributed by atoms with van der Waals surface area (Å²) in [6.45, 7) is -0.232. The van der Waals surface area contributed by atoms with E-state index in [0.717, 1.165) is 18.2 Å². The minimum atomic E-state index is -1.44. The Labute approximate surface area is 230 Å². The molecule has 0 spiro atoms. The van der Waals surface area contributed by atoms with Crippen LogP contribution in [0.3, 0.4) is 0 Å². The number of hydrogen-bond donors (Lipinski definition) is 3. The number of carboxylic acid groups (broad SMARTS) is 2. The Hall–Kier alpha value is -5.95. The van der Waals surface area contributed by atoms with Gasteiger partial charge < -0.3 is 29.7 Å². The topological polar surface area (TPSA) is 192 Å².